The van der Waals surface area contributed by atoms with Crippen LogP contribution in [0.25, 0.3) is 0 Å². The Morgan fingerprint density at radius 3 is 2.75 bits per heavy atom. The van der Waals surface area contributed by atoms with Crippen LogP contribution < -0.4 is 5.32 Å². The largest absolute Gasteiger partial charge is 0.310 e. The molecule has 1 aromatic heterocycles. The Bertz CT molecular complexity index is 545. The Hall–Kier alpha value is -1.39. The van der Waals surface area contributed by atoms with Crippen LogP contribution in [-0.4, -0.2) is 21.5 Å². The molecule has 1 aromatic carbocycles. The van der Waals surface area contributed by atoms with Crippen molar-refractivity contribution in [3.05, 3.63) is 46.2 Å². The SMILES string of the molecule is CCCNC(Cc1cn(C)nn1)c1cc(C)cc(Cl)c1. The van der Waals surface area contributed by atoms with Crippen LogP contribution in [-0.2, 0) is 13.5 Å². The number of nitrogens with zero attached hydrogens (tertiary/aromatic N) is 3. The van der Waals surface area contributed by atoms with Crippen molar-refractivity contribution in [2.45, 2.75) is 32.7 Å². The average molecular weight is 293 g/mol. The van der Waals surface area contributed by atoms with Crippen LogP contribution in [0.3, 0.4) is 0 Å². The van der Waals surface area contributed by atoms with Gasteiger partial charge in [-0.1, -0.05) is 29.8 Å². The maximum Gasteiger partial charge on any atom is 0.0845 e. The summed E-state index contributed by atoms with van der Waals surface area (Å²) in [5.41, 5.74) is 3.36. The summed E-state index contributed by atoms with van der Waals surface area (Å²) in [7, 11) is 1.88. The van der Waals surface area contributed by atoms with Crippen LogP contribution in [0.15, 0.2) is 24.4 Å². The summed E-state index contributed by atoms with van der Waals surface area (Å²) in [5, 5.41) is 12.5. The van der Waals surface area contributed by atoms with Crippen molar-refractivity contribution in [3.8, 4) is 0 Å². The fourth-order valence-corrected chi connectivity index (χ4v) is 2.59. The van der Waals surface area contributed by atoms with Gasteiger partial charge in [0.05, 0.1) is 5.69 Å². The van der Waals surface area contributed by atoms with Gasteiger partial charge in [0.2, 0.25) is 0 Å². The molecule has 0 bridgehead atoms. The molecule has 0 aliphatic carbocycles. The molecule has 2 rings (SSSR count). The normalized spacial score (nSPS) is 12.6. The molecule has 1 atom stereocenters. The van der Waals surface area contributed by atoms with Crippen LogP contribution in [0.4, 0.5) is 0 Å². The third-order valence-corrected chi connectivity index (χ3v) is 3.39. The van der Waals surface area contributed by atoms with E-state index < -0.39 is 0 Å². The van der Waals surface area contributed by atoms with E-state index in [1.54, 1.807) is 4.68 Å². The smallest absolute Gasteiger partial charge is 0.0845 e. The predicted molar refractivity (Wildman–Crippen MR) is 81.9 cm³/mol. The van der Waals surface area contributed by atoms with Gasteiger partial charge in [0, 0.05) is 30.7 Å². The van der Waals surface area contributed by atoms with Gasteiger partial charge < -0.3 is 5.32 Å². The Labute approximate surface area is 125 Å². The van der Waals surface area contributed by atoms with E-state index in [1.807, 2.05) is 25.4 Å². The molecule has 20 heavy (non-hydrogen) atoms. The highest BCUT2D eigenvalue weighted by Gasteiger charge is 2.14. The molecule has 4 nitrogen and oxygen atoms in total. The number of benzene rings is 1. The Morgan fingerprint density at radius 1 is 1.35 bits per heavy atom. The average Bonchev–Trinajstić information content (AvgIpc) is 2.79. The number of hydrogen-bond acceptors (Lipinski definition) is 3. The first-order chi connectivity index (χ1) is 9.58. The lowest BCUT2D eigenvalue weighted by molar-refractivity contribution is 0.524. The molecule has 0 aliphatic rings. The molecule has 0 saturated carbocycles. The zero-order valence-corrected chi connectivity index (χ0v) is 13.0. The van der Waals surface area contributed by atoms with Crippen molar-refractivity contribution >= 4 is 11.6 Å². The number of aromatic nitrogens is 3. The van der Waals surface area contributed by atoms with E-state index in [9.17, 15) is 0 Å². The molecule has 1 heterocycles. The lowest BCUT2D eigenvalue weighted by Gasteiger charge is -2.18. The van der Waals surface area contributed by atoms with Crippen molar-refractivity contribution in [1.82, 2.24) is 20.3 Å². The summed E-state index contributed by atoms with van der Waals surface area (Å²) in [5.74, 6) is 0. The van der Waals surface area contributed by atoms with Crippen molar-refractivity contribution in [2.75, 3.05) is 6.54 Å². The fraction of sp³-hybridized carbons (Fsp3) is 0.467. The summed E-state index contributed by atoms with van der Waals surface area (Å²) in [6.45, 7) is 5.20. The van der Waals surface area contributed by atoms with Gasteiger partial charge in [0.25, 0.3) is 0 Å². The summed E-state index contributed by atoms with van der Waals surface area (Å²) in [6.07, 6.45) is 3.86. The first kappa shape index (κ1) is 15.0. The zero-order valence-electron chi connectivity index (χ0n) is 12.2. The quantitative estimate of drug-likeness (QED) is 0.890. The first-order valence-corrected chi connectivity index (χ1v) is 7.32. The van der Waals surface area contributed by atoms with Crippen LogP contribution in [0.1, 0.15) is 36.2 Å². The van der Waals surface area contributed by atoms with E-state index in [4.69, 9.17) is 11.6 Å². The van der Waals surface area contributed by atoms with E-state index in [0.717, 1.165) is 30.1 Å². The Balaban J connectivity index is 2.21. The van der Waals surface area contributed by atoms with E-state index in [1.165, 1.54) is 11.1 Å². The molecular formula is C15H21ClN4. The number of rotatable bonds is 6. The maximum atomic E-state index is 6.18. The highest BCUT2D eigenvalue weighted by Crippen LogP contribution is 2.23. The van der Waals surface area contributed by atoms with E-state index in [-0.39, 0.29) is 6.04 Å². The molecule has 1 unspecified atom stereocenters. The standard InChI is InChI=1S/C15H21ClN4/c1-4-5-17-15(9-14-10-20(3)19-18-14)12-6-11(2)7-13(16)8-12/h6-8,10,15,17H,4-5,9H2,1-3H3. The lowest BCUT2D eigenvalue weighted by Crippen LogP contribution is -2.24. The molecule has 108 valence electrons. The van der Waals surface area contributed by atoms with Gasteiger partial charge in [0.15, 0.2) is 0 Å². The van der Waals surface area contributed by atoms with Crippen LogP contribution in [0.5, 0.6) is 0 Å². The minimum Gasteiger partial charge on any atom is -0.310 e. The van der Waals surface area contributed by atoms with Crippen LogP contribution in [0, 0.1) is 6.92 Å². The molecule has 5 heteroatoms. The van der Waals surface area contributed by atoms with Crippen LogP contribution >= 0.6 is 11.6 Å². The zero-order chi connectivity index (χ0) is 14.5. The van der Waals surface area contributed by atoms with Crippen molar-refractivity contribution in [3.63, 3.8) is 0 Å². The highest BCUT2D eigenvalue weighted by atomic mass is 35.5. The second-order valence-electron chi connectivity index (χ2n) is 5.16. The van der Waals surface area contributed by atoms with Gasteiger partial charge in [-0.25, -0.2) is 0 Å². The van der Waals surface area contributed by atoms with Gasteiger partial charge in [0.1, 0.15) is 0 Å². The van der Waals surface area contributed by atoms with Crippen molar-refractivity contribution in [2.24, 2.45) is 7.05 Å². The minimum absolute atomic E-state index is 0.212. The summed E-state index contributed by atoms with van der Waals surface area (Å²) in [4.78, 5) is 0. The van der Waals surface area contributed by atoms with Crippen molar-refractivity contribution < 1.29 is 0 Å². The van der Waals surface area contributed by atoms with Gasteiger partial charge in [-0.3, -0.25) is 4.68 Å². The van der Waals surface area contributed by atoms with Crippen molar-refractivity contribution in [1.29, 1.82) is 0 Å². The van der Waals surface area contributed by atoms with E-state index in [0.29, 0.717) is 0 Å². The van der Waals surface area contributed by atoms with E-state index >= 15 is 0 Å². The number of nitrogens with one attached hydrogen (secondary N) is 1. The second-order valence-corrected chi connectivity index (χ2v) is 5.59. The molecule has 0 spiro atoms. The molecular weight excluding hydrogens is 272 g/mol. The summed E-state index contributed by atoms with van der Waals surface area (Å²) in [6, 6.07) is 6.39. The molecule has 2 aromatic rings. The maximum absolute atomic E-state index is 6.18. The summed E-state index contributed by atoms with van der Waals surface area (Å²) < 4.78 is 1.73. The van der Waals surface area contributed by atoms with Gasteiger partial charge in [-0.05, 0) is 43.1 Å². The molecule has 1 N–H and O–H groups in total. The molecule has 0 radical (unpaired) electrons. The minimum atomic E-state index is 0.212. The first-order valence-electron chi connectivity index (χ1n) is 6.94. The molecule has 0 aliphatic heterocycles. The topological polar surface area (TPSA) is 42.7 Å². The van der Waals surface area contributed by atoms with Gasteiger partial charge in [-0.2, -0.15) is 0 Å². The second kappa shape index (κ2) is 6.86. The van der Waals surface area contributed by atoms with Gasteiger partial charge in [-0.15, -0.1) is 5.10 Å². The number of aryl methyl sites for hydroxylation is 2. The molecule has 0 fully saturated rings. The number of hydrogen-bond donors (Lipinski definition) is 1. The molecule has 0 amide bonds. The fourth-order valence-electron chi connectivity index (χ4n) is 2.29. The summed E-state index contributed by atoms with van der Waals surface area (Å²) >= 11 is 6.18. The third-order valence-electron chi connectivity index (χ3n) is 3.17. The Kier molecular flexibility index (Phi) is 5.15. The monoisotopic (exact) mass is 292 g/mol. The molecule has 0 saturated heterocycles. The van der Waals surface area contributed by atoms with Gasteiger partial charge >= 0.3 is 0 Å². The van der Waals surface area contributed by atoms with Crippen LogP contribution in [0.2, 0.25) is 5.02 Å². The highest BCUT2D eigenvalue weighted by molar-refractivity contribution is 6.30. The third kappa shape index (κ3) is 4.05. The number of halogens is 1. The van der Waals surface area contributed by atoms with E-state index in [2.05, 4.69) is 35.5 Å². The predicted octanol–water partition coefficient (Wildman–Crippen LogP) is 3.06. The Morgan fingerprint density at radius 2 is 2.15 bits per heavy atom. The lowest BCUT2D eigenvalue weighted by atomic mass is 10.00.